The molecule has 0 heterocycles. The molecule has 0 fully saturated rings. The third kappa shape index (κ3) is 4.98. The molecular formula is C17H23NO4. The van der Waals surface area contributed by atoms with E-state index < -0.39 is 17.9 Å². The molecule has 120 valence electrons. The van der Waals surface area contributed by atoms with Crippen LogP contribution < -0.4 is 5.32 Å². The number of hydrogen-bond acceptors (Lipinski definition) is 3. The molecule has 0 saturated carbocycles. The van der Waals surface area contributed by atoms with Gasteiger partial charge in [-0.25, -0.2) is 4.79 Å². The van der Waals surface area contributed by atoms with E-state index in [-0.39, 0.29) is 24.5 Å². The highest BCUT2D eigenvalue weighted by atomic mass is 16.4. The average Bonchev–Trinajstić information content (AvgIpc) is 2.44. The number of Topliss-reactive ketones (excluding diaryl/α,β-unsaturated/α-hetero) is 1. The van der Waals surface area contributed by atoms with Crippen molar-refractivity contribution in [3.05, 3.63) is 34.9 Å². The zero-order chi connectivity index (χ0) is 16.9. The molecule has 2 N–H and O–H groups in total. The van der Waals surface area contributed by atoms with Gasteiger partial charge in [-0.05, 0) is 37.0 Å². The number of amides is 1. The van der Waals surface area contributed by atoms with Gasteiger partial charge in [0.1, 0.15) is 6.04 Å². The Morgan fingerprint density at radius 1 is 1.09 bits per heavy atom. The van der Waals surface area contributed by atoms with Crippen molar-refractivity contribution in [2.24, 2.45) is 5.92 Å². The van der Waals surface area contributed by atoms with Gasteiger partial charge >= 0.3 is 5.97 Å². The topological polar surface area (TPSA) is 83.5 Å². The van der Waals surface area contributed by atoms with Gasteiger partial charge in [-0.15, -0.1) is 0 Å². The molecule has 0 radical (unpaired) electrons. The Bertz CT molecular complexity index is 578. The normalized spacial score (nSPS) is 12.0. The standard InChI is InChI=1S/C17H23NO4/c1-10(2)16(17(21)22)18-15(20)8-7-14(19)13-6-5-11(3)12(4)9-13/h5-6,9-10,16H,7-8H2,1-4H3,(H,18,20)(H,21,22). The molecule has 1 amide bonds. The lowest BCUT2D eigenvalue weighted by Crippen LogP contribution is -2.44. The quantitative estimate of drug-likeness (QED) is 0.758. The Morgan fingerprint density at radius 2 is 1.73 bits per heavy atom. The molecule has 0 aliphatic rings. The highest BCUT2D eigenvalue weighted by molar-refractivity contribution is 5.98. The van der Waals surface area contributed by atoms with Crippen LogP contribution in [0.3, 0.4) is 0 Å². The first kappa shape index (κ1) is 17.9. The maximum Gasteiger partial charge on any atom is 0.326 e. The molecule has 1 aromatic carbocycles. The fourth-order valence-electron chi connectivity index (χ4n) is 2.05. The number of hydrogen-bond donors (Lipinski definition) is 2. The predicted molar refractivity (Wildman–Crippen MR) is 83.9 cm³/mol. The number of nitrogens with one attached hydrogen (secondary N) is 1. The first-order valence-electron chi connectivity index (χ1n) is 7.35. The van der Waals surface area contributed by atoms with Crippen molar-refractivity contribution in [2.45, 2.75) is 46.6 Å². The molecule has 5 nitrogen and oxygen atoms in total. The largest absolute Gasteiger partial charge is 0.480 e. The van der Waals surface area contributed by atoms with Gasteiger partial charge in [-0.2, -0.15) is 0 Å². The van der Waals surface area contributed by atoms with Crippen LogP contribution >= 0.6 is 0 Å². The molecule has 0 aliphatic heterocycles. The summed E-state index contributed by atoms with van der Waals surface area (Å²) in [6, 6.07) is 4.51. The Kier molecular flexibility index (Phi) is 6.28. The van der Waals surface area contributed by atoms with E-state index in [0.29, 0.717) is 5.56 Å². The number of aliphatic carboxylic acids is 1. The second kappa shape index (κ2) is 7.73. The molecule has 0 saturated heterocycles. The minimum atomic E-state index is -1.07. The number of carboxylic acid groups (broad SMARTS) is 1. The number of carboxylic acids is 1. The minimum Gasteiger partial charge on any atom is -0.480 e. The van der Waals surface area contributed by atoms with E-state index >= 15 is 0 Å². The van der Waals surface area contributed by atoms with Gasteiger partial charge < -0.3 is 10.4 Å². The van der Waals surface area contributed by atoms with Crippen LogP contribution in [0, 0.1) is 19.8 Å². The Labute approximate surface area is 130 Å². The number of aryl methyl sites for hydroxylation is 2. The zero-order valence-electron chi connectivity index (χ0n) is 13.5. The monoisotopic (exact) mass is 305 g/mol. The summed E-state index contributed by atoms with van der Waals surface area (Å²) in [5.41, 5.74) is 2.71. The van der Waals surface area contributed by atoms with E-state index in [0.717, 1.165) is 11.1 Å². The van der Waals surface area contributed by atoms with E-state index in [1.807, 2.05) is 26.0 Å². The molecule has 1 atom stereocenters. The van der Waals surface area contributed by atoms with Crippen LogP contribution in [0.15, 0.2) is 18.2 Å². The van der Waals surface area contributed by atoms with Crippen molar-refractivity contribution in [3.8, 4) is 0 Å². The van der Waals surface area contributed by atoms with Crippen molar-refractivity contribution in [3.63, 3.8) is 0 Å². The van der Waals surface area contributed by atoms with Gasteiger partial charge in [0.15, 0.2) is 5.78 Å². The van der Waals surface area contributed by atoms with Crippen LogP contribution in [0.1, 0.15) is 48.2 Å². The maximum atomic E-state index is 12.1. The third-order valence-corrected chi connectivity index (χ3v) is 3.66. The molecule has 1 rings (SSSR count). The maximum absolute atomic E-state index is 12.1. The number of carbonyl (C=O) groups excluding carboxylic acids is 2. The lowest BCUT2D eigenvalue weighted by molar-refractivity contribution is -0.143. The van der Waals surface area contributed by atoms with Gasteiger partial charge in [0.05, 0.1) is 0 Å². The van der Waals surface area contributed by atoms with Gasteiger partial charge in [0, 0.05) is 18.4 Å². The minimum absolute atomic E-state index is 0.0116. The molecule has 22 heavy (non-hydrogen) atoms. The van der Waals surface area contributed by atoms with Gasteiger partial charge in [0.25, 0.3) is 0 Å². The van der Waals surface area contributed by atoms with Crippen LogP contribution in [-0.2, 0) is 9.59 Å². The van der Waals surface area contributed by atoms with E-state index in [9.17, 15) is 14.4 Å². The molecule has 0 aromatic heterocycles. The Hall–Kier alpha value is -2.17. The summed E-state index contributed by atoms with van der Waals surface area (Å²) < 4.78 is 0. The lowest BCUT2D eigenvalue weighted by Gasteiger charge is -2.17. The average molecular weight is 305 g/mol. The van der Waals surface area contributed by atoms with Crippen molar-refractivity contribution < 1.29 is 19.5 Å². The van der Waals surface area contributed by atoms with Crippen LogP contribution in [0.5, 0.6) is 0 Å². The van der Waals surface area contributed by atoms with E-state index in [1.165, 1.54) is 0 Å². The second-order valence-corrected chi connectivity index (χ2v) is 5.85. The molecule has 1 aromatic rings. The number of rotatable bonds is 7. The van der Waals surface area contributed by atoms with Crippen molar-refractivity contribution >= 4 is 17.7 Å². The van der Waals surface area contributed by atoms with Crippen LogP contribution in [0.25, 0.3) is 0 Å². The van der Waals surface area contributed by atoms with Crippen molar-refractivity contribution in [1.82, 2.24) is 5.32 Å². The fraction of sp³-hybridized carbons (Fsp3) is 0.471. The summed E-state index contributed by atoms with van der Waals surface area (Å²) in [4.78, 5) is 34.9. The first-order chi connectivity index (χ1) is 10.2. The van der Waals surface area contributed by atoms with Crippen LogP contribution in [-0.4, -0.2) is 28.8 Å². The van der Waals surface area contributed by atoms with Gasteiger partial charge in [-0.3, -0.25) is 9.59 Å². The highest BCUT2D eigenvalue weighted by Crippen LogP contribution is 2.12. The molecule has 5 heteroatoms. The number of benzene rings is 1. The van der Waals surface area contributed by atoms with Gasteiger partial charge in [-0.1, -0.05) is 26.0 Å². The summed E-state index contributed by atoms with van der Waals surface area (Å²) in [7, 11) is 0. The van der Waals surface area contributed by atoms with Crippen molar-refractivity contribution in [2.75, 3.05) is 0 Å². The molecule has 1 unspecified atom stereocenters. The summed E-state index contributed by atoms with van der Waals surface area (Å²) in [6.07, 6.45) is 0.0566. The van der Waals surface area contributed by atoms with E-state index in [4.69, 9.17) is 5.11 Å². The predicted octanol–water partition coefficient (Wildman–Crippen LogP) is 2.49. The SMILES string of the molecule is Cc1ccc(C(=O)CCC(=O)NC(C(=O)O)C(C)C)cc1C. The smallest absolute Gasteiger partial charge is 0.326 e. The molecule has 0 bridgehead atoms. The van der Waals surface area contributed by atoms with Crippen LogP contribution in [0.2, 0.25) is 0 Å². The summed E-state index contributed by atoms with van der Waals surface area (Å²) in [5.74, 6) is -1.81. The van der Waals surface area contributed by atoms with E-state index in [2.05, 4.69) is 5.32 Å². The summed E-state index contributed by atoms with van der Waals surface area (Å²) in [6.45, 7) is 7.34. The number of ketones is 1. The summed E-state index contributed by atoms with van der Waals surface area (Å²) >= 11 is 0. The number of carbonyl (C=O) groups is 3. The summed E-state index contributed by atoms with van der Waals surface area (Å²) in [5, 5.41) is 11.5. The molecule has 0 spiro atoms. The zero-order valence-corrected chi connectivity index (χ0v) is 13.5. The molecular weight excluding hydrogens is 282 g/mol. The lowest BCUT2D eigenvalue weighted by atomic mass is 10.0. The first-order valence-corrected chi connectivity index (χ1v) is 7.35. The van der Waals surface area contributed by atoms with E-state index in [1.54, 1.807) is 19.9 Å². The highest BCUT2D eigenvalue weighted by Gasteiger charge is 2.23. The van der Waals surface area contributed by atoms with Gasteiger partial charge in [0.2, 0.25) is 5.91 Å². The van der Waals surface area contributed by atoms with Crippen LogP contribution in [0.4, 0.5) is 0 Å². The Morgan fingerprint density at radius 3 is 2.23 bits per heavy atom. The Balaban J connectivity index is 2.58. The molecule has 0 aliphatic carbocycles. The second-order valence-electron chi connectivity index (χ2n) is 5.85. The van der Waals surface area contributed by atoms with Crippen molar-refractivity contribution in [1.29, 1.82) is 0 Å². The fourth-order valence-corrected chi connectivity index (χ4v) is 2.05. The third-order valence-electron chi connectivity index (χ3n) is 3.66.